The molecule has 0 spiro atoms. The van der Waals surface area contributed by atoms with Gasteiger partial charge in [-0.15, -0.1) is 0 Å². The van der Waals surface area contributed by atoms with Crippen LogP contribution in [0, 0.1) is 23.2 Å². The highest BCUT2D eigenvalue weighted by Crippen LogP contribution is 2.39. The molecule has 1 aromatic rings. The largest absolute Gasteiger partial charge is 0.432 e. The van der Waals surface area contributed by atoms with Gasteiger partial charge in [0.1, 0.15) is 0 Å². The van der Waals surface area contributed by atoms with Crippen LogP contribution >= 0.6 is 0 Å². The number of carbonyl (C=O) groups is 1. The minimum atomic E-state index is -0.591. The molecule has 4 nitrogen and oxygen atoms in total. The Balaban J connectivity index is 1.35. The fraction of sp³-hybridized carbons (Fsp3) is 0.788. The van der Waals surface area contributed by atoms with Crippen LogP contribution in [-0.4, -0.2) is 31.6 Å². The van der Waals surface area contributed by atoms with Crippen molar-refractivity contribution in [1.29, 1.82) is 0 Å². The van der Waals surface area contributed by atoms with Gasteiger partial charge in [-0.1, -0.05) is 85.3 Å². The van der Waals surface area contributed by atoms with Crippen LogP contribution < -0.4 is 0 Å². The second-order valence-electron chi connectivity index (χ2n) is 12.8. The van der Waals surface area contributed by atoms with Crippen molar-refractivity contribution in [3.63, 3.8) is 0 Å². The number of hydrogen-bond acceptors (Lipinski definition) is 4. The highest BCUT2D eigenvalue weighted by Gasteiger charge is 2.29. The normalized spacial score (nSPS) is 23.1. The molecule has 2 atom stereocenters. The molecule has 37 heavy (non-hydrogen) atoms. The SMILES string of the molecule is CCC(C)(C)CC(c1ccc(C(=O)OC(C)OCCOC2CCC(C3CCCCC3)CC2)cc1)C(C)C. The summed E-state index contributed by atoms with van der Waals surface area (Å²) < 4.78 is 17.4. The van der Waals surface area contributed by atoms with Gasteiger partial charge in [-0.2, -0.15) is 0 Å². The Morgan fingerprint density at radius 2 is 1.51 bits per heavy atom. The summed E-state index contributed by atoms with van der Waals surface area (Å²) in [5.74, 6) is 2.57. The summed E-state index contributed by atoms with van der Waals surface area (Å²) in [6.45, 7) is 14.3. The van der Waals surface area contributed by atoms with Crippen LogP contribution in [0.15, 0.2) is 24.3 Å². The lowest BCUT2D eigenvalue weighted by Crippen LogP contribution is -2.28. The summed E-state index contributed by atoms with van der Waals surface area (Å²) in [4.78, 5) is 12.7. The Kier molecular flexibility index (Phi) is 12.0. The molecule has 2 aliphatic carbocycles. The summed E-state index contributed by atoms with van der Waals surface area (Å²) >= 11 is 0. The molecule has 2 aliphatic rings. The average molecular weight is 515 g/mol. The first kappa shape index (κ1) is 30.2. The number of hydrogen-bond donors (Lipinski definition) is 0. The molecule has 0 bridgehead atoms. The third-order valence-corrected chi connectivity index (χ3v) is 9.21. The van der Waals surface area contributed by atoms with Gasteiger partial charge in [-0.05, 0) is 85.8 Å². The average Bonchev–Trinajstić information content (AvgIpc) is 2.90. The van der Waals surface area contributed by atoms with E-state index in [0.29, 0.717) is 42.1 Å². The van der Waals surface area contributed by atoms with Crippen molar-refractivity contribution in [3.8, 4) is 0 Å². The Morgan fingerprint density at radius 3 is 2.11 bits per heavy atom. The molecule has 4 heteroatoms. The van der Waals surface area contributed by atoms with Gasteiger partial charge in [0.05, 0.1) is 24.9 Å². The van der Waals surface area contributed by atoms with Gasteiger partial charge in [-0.25, -0.2) is 4.79 Å². The fourth-order valence-electron chi connectivity index (χ4n) is 6.36. The van der Waals surface area contributed by atoms with Gasteiger partial charge >= 0.3 is 5.97 Å². The molecule has 2 fully saturated rings. The molecular formula is C33H54O4. The van der Waals surface area contributed by atoms with Crippen molar-refractivity contribution < 1.29 is 19.0 Å². The van der Waals surface area contributed by atoms with Crippen LogP contribution in [-0.2, 0) is 14.2 Å². The van der Waals surface area contributed by atoms with E-state index in [1.807, 2.05) is 12.1 Å². The molecule has 2 saturated carbocycles. The highest BCUT2D eigenvalue weighted by molar-refractivity contribution is 5.89. The second-order valence-corrected chi connectivity index (χ2v) is 12.8. The lowest BCUT2D eigenvalue weighted by molar-refractivity contribution is -0.117. The Bertz CT molecular complexity index is 785. The van der Waals surface area contributed by atoms with Crippen LogP contribution in [0.2, 0.25) is 0 Å². The van der Waals surface area contributed by atoms with E-state index < -0.39 is 6.29 Å². The molecule has 0 saturated heterocycles. The predicted molar refractivity (Wildman–Crippen MR) is 152 cm³/mol. The van der Waals surface area contributed by atoms with Crippen LogP contribution in [0.1, 0.15) is 134 Å². The Morgan fingerprint density at radius 1 is 0.892 bits per heavy atom. The Labute approximate surface area is 227 Å². The second kappa shape index (κ2) is 14.7. The Hall–Kier alpha value is -1.39. The van der Waals surface area contributed by atoms with Crippen molar-refractivity contribution in [1.82, 2.24) is 0 Å². The molecule has 1 aromatic carbocycles. The lowest BCUT2D eigenvalue weighted by atomic mass is 9.73. The summed E-state index contributed by atoms with van der Waals surface area (Å²) in [7, 11) is 0. The van der Waals surface area contributed by atoms with Crippen molar-refractivity contribution in [2.75, 3.05) is 13.2 Å². The predicted octanol–water partition coefficient (Wildman–Crippen LogP) is 8.93. The maximum absolute atomic E-state index is 12.7. The van der Waals surface area contributed by atoms with Gasteiger partial charge in [0.2, 0.25) is 6.29 Å². The molecule has 0 aromatic heterocycles. The van der Waals surface area contributed by atoms with E-state index >= 15 is 0 Å². The van der Waals surface area contributed by atoms with Crippen LogP contribution in [0.5, 0.6) is 0 Å². The van der Waals surface area contributed by atoms with Crippen LogP contribution in [0.4, 0.5) is 0 Å². The number of carbonyl (C=O) groups excluding carboxylic acids is 1. The van der Waals surface area contributed by atoms with E-state index in [1.54, 1.807) is 6.92 Å². The van der Waals surface area contributed by atoms with Gasteiger partial charge in [0.25, 0.3) is 0 Å². The smallest absolute Gasteiger partial charge is 0.340 e. The third kappa shape index (κ3) is 9.70. The molecule has 0 N–H and O–H groups in total. The van der Waals surface area contributed by atoms with Gasteiger partial charge in [0, 0.05) is 0 Å². The summed E-state index contributed by atoms with van der Waals surface area (Å²) in [6.07, 6.45) is 14.2. The zero-order valence-electron chi connectivity index (χ0n) is 24.6. The first-order valence-corrected chi connectivity index (χ1v) is 15.2. The molecule has 0 aliphatic heterocycles. The van der Waals surface area contributed by atoms with Crippen molar-refractivity contribution in [3.05, 3.63) is 35.4 Å². The lowest BCUT2D eigenvalue weighted by Gasteiger charge is -2.35. The summed E-state index contributed by atoms with van der Waals surface area (Å²) in [5.41, 5.74) is 2.17. The van der Waals surface area contributed by atoms with E-state index in [0.717, 1.165) is 24.7 Å². The zero-order chi connectivity index (χ0) is 26.8. The highest BCUT2D eigenvalue weighted by atomic mass is 16.7. The third-order valence-electron chi connectivity index (χ3n) is 9.21. The minimum absolute atomic E-state index is 0.303. The van der Waals surface area contributed by atoms with Gasteiger partial charge in [-0.3, -0.25) is 0 Å². The van der Waals surface area contributed by atoms with Crippen molar-refractivity contribution in [2.45, 2.75) is 130 Å². The fourth-order valence-corrected chi connectivity index (χ4v) is 6.36. The zero-order valence-corrected chi connectivity index (χ0v) is 24.6. The van der Waals surface area contributed by atoms with Crippen molar-refractivity contribution in [2.24, 2.45) is 23.2 Å². The molecule has 0 heterocycles. The molecule has 3 rings (SSSR count). The van der Waals surface area contributed by atoms with E-state index in [9.17, 15) is 4.79 Å². The molecule has 2 unspecified atom stereocenters. The molecule has 0 amide bonds. The van der Waals surface area contributed by atoms with Crippen LogP contribution in [0.25, 0.3) is 0 Å². The van der Waals surface area contributed by atoms with E-state index in [-0.39, 0.29) is 5.97 Å². The van der Waals surface area contributed by atoms with E-state index in [4.69, 9.17) is 14.2 Å². The molecule has 210 valence electrons. The standard InChI is InChI=1S/C33H54O4/c1-7-33(5,6)23-31(24(2)3)28-13-15-29(16-14-28)32(34)37-25(4)35-21-22-36-30-19-17-27(18-20-30)26-11-9-8-10-12-26/h13-16,24-27,30-31H,7-12,17-23H2,1-6H3. The minimum Gasteiger partial charge on any atom is -0.432 e. The topological polar surface area (TPSA) is 44.8 Å². The van der Waals surface area contributed by atoms with E-state index in [1.165, 1.54) is 63.4 Å². The first-order valence-electron chi connectivity index (χ1n) is 15.2. The number of benzene rings is 1. The number of rotatable bonds is 13. The number of esters is 1. The quantitative estimate of drug-likeness (QED) is 0.150. The van der Waals surface area contributed by atoms with Gasteiger partial charge in [0.15, 0.2) is 0 Å². The van der Waals surface area contributed by atoms with E-state index in [2.05, 4.69) is 46.8 Å². The van der Waals surface area contributed by atoms with Crippen LogP contribution in [0.3, 0.4) is 0 Å². The van der Waals surface area contributed by atoms with Crippen molar-refractivity contribution >= 4 is 5.97 Å². The molecule has 0 radical (unpaired) electrons. The summed E-state index contributed by atoms with van der Waals surface area (Å²) in [6, 6.07) is 7.97. The monoisotopic (exact) mass is 514 g/mol. The maximum Gasteiger partial charge on any atom is 0.340 e. The number of ether oxygens (including phenoxy) is 3. The molecular weight excluding hydrogens is 460 g/mol. The summed E-state index contributed by atoms with van der Waals surface area (Å²) in [5, 5.41) is 0. The van der Waals surface area contributed by atoms with Gasteiger partial charge < -0.3 is 14.2 Å². The maximum atomic E-state index is 12.7. The first-order chi connectivity index (χ1) is 17.7.